The van der Waals surface area contributed by atoms with E-state index >= 15 is 0 Å². The number of nitrogens with one attached hydrogen (secondary N) is 1. The fourth-order valence-corrected chi connectivity index (χ4v) is 1.84. The van der Waals surface area contributed by atoms with Gasteiger partial charge in [0.1, 0.15) is 10.4 Å². The first-order chi connectivity index (χ1) is 6.31. The van der Waals surface area contributed by atoms with E-state index in [9.17, 15) is 0 Å². The molecule has 0 saturated carbocycles. The molecule has 0 spiro atoms. The normalized spacial score (nSPS) is 10.3. The Hall–Kier alpha value is -1.09. The minimum absolute atomic E-state index is 0.880. The molecule has 66 valence electrons. The Morgan fingerprint density at radius 3 is 2.85 bits per heavy atom. The summed E-state index contributed by atoms with van der Waals surface area (Å²) in [5, 5.41) is 5.35. The van der Waals surface area contributed by atoms with Gasteiger partial charge < -0.3 is 5.32 Å². The smallest absolute Gasteiger partial charge is 0.127 e. The van der Waals surface area contributed by atoms with Gasteiger partial charge in [-0.1, -0.05) is 24.3 Å². The van der Waals surface area contributed by atoms with Crippen LogP contribution < -0.4 is 5.32 Å². The van der Waals surface area contributed by atoms with Gasteiger partial charge in [0.15, 0.2) is 0 Å². The number of aromatic nitrogens is 1. The van der Waals surface area contributed by atoms with Crippen molar-refractivity contribution in [2.24, 2.45) is 0 Å². The molecule has 0 fully saturated rings. The average molecular weight is 237 g/mol. The third-order valence-corrected chi connectivity index (χ3v) is 2.55. The Balaban J connectivity index is 2.77. The van der Waals surface area contributed by atoms with Gasteiger partial charge in [0, 0.05) is 12.4 Å². The van der Waals surface area contributed by atoms with Crippen molar-refractivity contribution in [3.05, 3.63) is 34.9 Å². The lowest BCUT2D eigenvalue weighted by atomic mass is 10.2. The monoisotopic (exact) mass is 236 g/mol. The molecule has 0 radical (unpaired) electrons. The zero-order valence-corrected chi connectivity index (χ0v) is 8.80. The summed E-state index contributed by atoms with van der Waals surface area (Å²) >= 11 is 3.44. The van der Waals surface area contributed by atoms with Gasteiger partial charge in [0.2, 0.25) is 0 Å². The zero-order chi connectivity index (χ0) is 9.26. The van der Waals surface area contributed by atoms with Crippen molar-refractivity contribution in [3.63, 3.8) is 0 Å². The molecule has 0 saturated heterocycles. The molecule has 1 N–H and O–H groups in total. The molecule has 1 heterocycles. The number of halogens is 1. The van der Waals surface area contributed by atoms with Gasteiger partial charge in [-0.25, -0.2) is 4.98 Å². The van der Waals surface area contributed by atoms with Crippen LogP contribution >= 0.6 is 15.9 Å². The number of rotatable bonds is 1. The lowest BCUT2D eigenvalue weighted by Crippen LogP contribution is -1.92. The average Bonchev–Trinajstić information content (AvgIpc) is 2.18. The molecule has 1 aromatic heterocycles. The predicted molar refractivity (Wildman–Crippen MR) is 59.0 cm³/mol. The second kappa shape index (κ2) is 3.34. The molecule has 0 aliphatic heterocycles. The summed E-state index contributed by atoms with van der Waals surface area (Å²) in [5.41, 5.74) is 0. The summed E-state index contributed by atoms with van der Waals surface area (Å²) in [6.07, 6.45) is 0. The number of pyridine rings is 1. The van der Waals surface area contributed by atoms with Crippen LogP contribution in [0.1, 0.15) is 0 Å². The number of hydrogen-bond acceptors (Lipinski definition) is 2. The highest BCUT2D eigenvalue weighted by atomic mass is 79.9. The van der Waals surface area contributed by atoms with Crippen LogP contribution in [0.5, 0.6) is 0 Å². The molecule has 2 aromatic rings. The van der Waals surface area contributed by atoms with Crippen molar-refractivity contribution in [1.82, 2.24) is 4.98 Å². The molecule has 1 aromatic carbocycles. The van der Waals surface area contributed by atoms with Crippen molar-refractivity contribution >= 4 is 32.5 Å². The molecule has 3 heteroatoms. The Kier molecular flexibility index (Phi) is 2.19. The van der Waals surface area contributed by atoms with Crippen molar-refractivity contribution in [2.45, 2.75) is 0 Å². The highest BCUT2D eigenvalue weighted by Gasteiger charge is 2.00. The Morgan fingerprint density at radius 2 is 2.08 bits per heavy atom. The maximum atomic E-state index is 4.33. The van der Waals surface area contributed by atoms with Gasteiger partial charge in [0.25, 0.3) is 0 Å². The molecule has 0 amide bonds. The number of fused-ring (bicyclic) bond motifs is 1. The van der Waals surface area contributed by atoms with Crippen LogP contribution in [0, 0.1) is 0 Å². The van der Waals surface area contributed by atoms with E-state index in [1.54, 1.807) is 0 Å². The van der Waals surface area contributed by atoms with Gasteiger partial charge in [-0.05, 0) is 27.4 Å². The summed E-state index contributed by atoms with van der Waals surface area (Å²) in [6, 6.07) is 10.2. The fourth-order valence-electron chi connectivity index (χ4n) is 1.28. The van der Waals surface area contributed by atoms with Crippen LogP contribution in [0.25, 0.3) is 10.8 Å². The summed E-state index contributed by atoms with van der Waals surface area (Å²) in [6.45, 7) is 0. The molecule has 0 aliphatic carbocycles. The summed E-state index contributed by atoms with van der Waals surface area (Å²) in [5.74, 6) is 0.880. The lowest BCUT2D eigenvalue weighted by Gasteiger charge is -2.03. The highest BCUT2D eigenvalue weighted by molar-refractivity contribution is 9.10. The minimum Gasteiger partial charge on any atom is -0.373 e. The van der Waals surface area contributed by atoms with Crippen molar-refractivity contribution in [2.75, 3.05) is 12.4 Å². The van der Waals surface area contributed by atoms with Crippen LogP contribution in [-0.2, 0) is 0 Å². The number of anilines is 1. The van der Waals surface area contributed by atoms with Crippen LogP contribution in [-0.4, -0.2) is 12.0 Å². The van der Waals surface area contributed by atoms with E-state index in [1.807, 2.05) is 31.3 Å². The van der Waals surface area contributed by atoms with E-state index in [1.165, 1.54) is 5.39 Å². The van der Waals surface area contributed by atoms with Crippen LogP contribution in [0.15, 0.2) is 34.9 Å². The molecular weight excluding hydrogens is 228 g/mol. The Bertz CT molecular complexity index is 440. The van der Waals surface area contributed by atoms with E-state index < -0.39 is 0 Å². The maximum Gasteiger partial charge on any atom is 0.127 e. The van der Waals surface area contributed by atoms with Gasteiger partial charge in [-0.15, -0.1) is 0 Å². The van der Waals surface area contributed by atoms with Gasteiger partial charge in [-0.3, -0.25) is 0 Å². The Morgan fingerprint density at radius 1 is 1.31 bits per heavy atom. The van der Waals surface area contributed by atoms with Crippen molar-refractivity contribution < 1.29 is 0 Å². The highest BCUT2D eigenvalue weighted by Crippen LogP contribution is 2.24. The summed E-state index contributed by atoms with van der Waals surface area (Å²) in [4.78, 5) is 4.33. The molecule has 0 unspecified atom stereocenters. The SMILES string of the molecule is CNc1cc2ccccc2c(Br)n1. The van der Waals surface area contributed by atoms with Gasteiger partial charge >= 0.3 is 0 Å². The van der Waals surface area contributed by atoms with E-state index in [4.69, 9.17) is 0 Å². The fraction of sp³-hybridized carbons (Fsp3) is 0.100. The van der Waals surface area contributed by atoms with Crippen molar-refractivity contribution in [1.29, 1.82) is 0 Å². The van der Waals surface area contributed by atoms with Crippen LogP contribution in [0.4, 0.5) is 5.82 Å². The standard InChI is InChI=1S/C10H9BrN2/c1-12-9-6-7-4-2-3-5-8(7)10(11)13-9/h2-6H,1H3,(H,12,13). The van der Waals surface area contributed by atoms with E-state index in [0.717, 1.165) is 15.8 Å². The van der Waals surface area contributed by atoms with Crippen molar-refractivity contribution in [3.8, 4) is 0 Å². The first-order valence-corrected chi connectivity index (χ1v) is 4.83. The maximum absolute atomic E-state index is 4.33. The quantitative estimate of drug-likeness (QED) is 0.771. The minimum atomic E-state index is 0.880. The predicted octanol–water partition coefficient (Wildman–Crippen LogP) is 3.04. The topological polar surface area (TPSA) is 24.9 Å². The van der Waals surface area contributed by atoms with Crippen LogP contribution in [0.3, 0.4) is 0 Å². The summed E-state index contributed by atoms with van der Waals surface area (Å²) in [7, 11) is 1.86. The second-order valence-corrected chi connectivity index (χ2v) is 3.52. The van der Waals surface area contributed by atoms with E-state index in [0.29, 0.717) is 0 Å². The molecular formula is C10H9BrN2. The van der Waals surface area contributed by atoms with E-state index in [2.05, 4.69) is 32.3 Å². The second-order valence-electron chi connectivity index (χ2n) is 2.77. The lowest BCUT2D eigenvalue weighted by molar-refractivity contribution is 1.28. The third kappa shape index (κ3) is 1.52. The van der Waals surface area contributed by atoms with Crippen LogP contribution in [0.2, 0.25) is 0 Å². The molecule has 0 atom stereocenters. The number of benzene rings is 1. The first kappa shape index (κ1) is 8.51. The molecule has 0 aliphatic rings. The number of hydrogen-bond donors (Lipinski definition) is 1. The van der Waals surface area contributed by atoms with Gasteiger partial charge in [0.05, 0.1) is 0 Å². The van der Waals surface area contributed by atoms with Gasteiger partial charge in [-0.2, -0.15) is 0 Å². The summed E-state index contributed by atoms with van der Waals surface area (Å²) < 4.78 is 0.884. The molecule has 2 rings (SSSR count). The first-order valence-electron chi connectivity index (χ1n) is 4.04. The third-order valence-electron chi connectivity index (χ3n) is 1.95. The number of nitrogens with zero attached hydrogens (tertiary/aromatic N) is 1. The molecule has 0 bridgehead atoms. The molecule has 2 nitrogen and oxygen atoms in total. The largest absolute Gasteiger partial charge is 0.373 e. The molecule has 13 heavy (non-hydrogen) atoms. The Labute approximate surface area is 85.1 Å². The van der Waals surface area contributed by atoms with E-state index in [-0.39, 0.29) is 0 Å². The zero-order valence-electron chi connectivity index (χ0n) is 7.21.